The molecule has 2 rings (SSSR count). The molecule has 0 aliphatic rings. The van der Waals surface area contributed by atoms with Crippen LogP contribution in [0.4, 0.5) is 13.2 Å². The summed E-state index contributed by atoms with van der Waals surface area (Å²) >= 11 is 0. The van der Waals surface area contributed by atoms with Gasteiger partial charge in [0, 0.05) is 6.42 Å². The number of benzene rings is 2. The number of rotatable bonds is 7. The van der Waals surface area contributed by atoms with Gasteiger partial charge in [-0.2, -0.15) is 13.2 Å². The first-order valence-corrected chi connectivity index (χ1v) is 8.13. The molecular formula is C19H18F3NO5. The number of carbonyl (C=O) groups is 2. The summed E-state index contributed by atoms with van der Waals surface area (Å²) in [7, 11) is 1.48. The summed E-state index contributed by atoms with van der Waals surface area (Å²) in [5.41, 5.74) is -0.400. The molecule has 3 N–H and O–H groups in total. The number of nitrogens with one attached hydrogen (secondary N) is 1. The van der Waals surface area contributed by atoms with E-state index in [1.807, 2.05) is 0 Å². The number of aliphatic carboxylic acids is 1. The molecule has 2 aromatic rings. The molecule has 0 fully saturated rings. The summed E-state index contributed by atoms with van der Waals surface area (Å²) in [6, 6.07) is 8.60. The van der Waals surface area contributed by atoms with Gasteiger partial charge in [0.1, 0.15) is 11.8 Å². The van der Waals surface area contributed by atoms with Crippen LogP contribution in [0.5, 0.6) is 5.75 Å². The predicted molar refractivity (Wildman–Crippen MR) is 92.7 cm³/mol. The van der Waals surface area contributed by atoms with Crippen LogP contribution in [0.2, 0.25) is 0 Å². The first-order valence-electron chi connectivity index (χ1n) is 8.13. The van der Waals surface area contributed by atoms with Gasteiger partial charge in [-0.15, -0.1) is 0 Å². The fourth-order valence-corrected chi connectivity index (χ4v) is 2.45. The first kappa shape index (κ1) is 21.2. The van der Waals surface area contributed by atoms with Crippen LogP contribution in [0.15, 0.2) is 48.5 Å². The Kier molecular flexibility index (Phi) is 6.63. The maximum atomic E-state index is 12.6. The topological polar surface area (TPSA) is 95.9 Å². The third-order valence-corrected chi connectivity index (χ3v) is 4.02. The van der Waals surface area contributed by atoms with E-state index in [1.54, 1.807) is 24.3 Å². The van der Waals surface area contributed by atoms with Gasteiger partial charge in [-0.25, -0.2) is 4.79 Å². The maximum Gasteiger partial charge on any atom is 0.416 e. The van der Waals surface area contributed by atoms with Crippen molar-refractivity contribution in [1.82, 2.24) is 5.32 Å². The van der Waals surface area contributed by atoms with Gasteiger partial charge in [0.05, 0.1) is 12.7 Å². The molecule has 0 bridgehead atoms. The Morgan fingerprint density at radius 3 is 2.11 bits per heavy atom. The highest BCUT2D eigenvalue weighted by atomic mass is 19.4. The molecule has 0 saturated heterocycles. The highest BCUT2D eigenvalue weighted by Gasteiger charge is 2.31. The monoisotopic (exact) mass is 397 g/mol. The summed E-state index contributed by atoms with van der Waals surface area (Å²) in [6.07, 6.45) is -6.40. The number of aliphatic hydroxyl groups is 1. The molecule has 150 valence electrons. The Hall–Kier alpha value is -3.07. The van der Waals surface area contributed by atoms with Crippen molar-refractivity contribution in [3.8, 4) is 5.75 Å². The van der Waals surface area contributed by atoms with Gasteiger partial charge in [0.25, 0.3) is 5.91 Å². The van der Waals surface area contributed by atoms with Crippen molar-refractivity contribution in [3.63, 3.8) is 0 Å². The molecule has 28 heavy (non-hydrogen) atoms. The number of halogens is 3. The Labute approximate surface area is 158 Å². The fourth-order valence-electron chi connectivity index (χ4n) is 2.45. The number of hydrogen-bond acceptors (Lipinski definition) is 4. The second kappa shape index (κ2) is 8.75. The zero-order valence-electron chi connectivity index (χ0n) is 14.7. The molecule has 0 unspecified atom stereocenters. The molecule has 0 saturated carbocycles. The summed E-state index contributed by atoms with van der Waals surface area (Å²) in [5.74, 6) is -1.76. The molecule has 0 aromatic heterocycles. The van der Waals surface area contributed by atoms with Crippen LogP contribution < -0.4 is 10.1 Å². The van der Waals surface area contributed by atoms with Crippen molar-refractivity contribution in [2.75, 3.05) is 7.11 Å². The fraction of sp³-hybridized carbons (Fsp3) is 0.263. The highest BCUT2D eigenvalue weighted by Crippen LogP contribution is 2.30. The molecule has 6 nitrogen and oxygen atoms in total. The maximum absolute atomic E-state index is 12.6. The van der Waals surface area contributed by atoms with Gasteiger partial charge in [-0.3, -0.25) is 4.79 Å². The van der Waals surface area contributed by atoms with E-state index in [2.05, 4.69) is 5.32 Å². The molecule has 0 aliphatic heterocycles. The van der Waals surface area contributed by atoms with E-state index >= 15 is 0 Å². The molecule has 9 heteroatoms. The number of methoxy groups -OCH3 is 1. The van der Waals surface area contributed by atoms with E-state index in [0.29, 0.717) is 11.3 Å². The smallest absolute Gasteiger partial charge is 0.416 e. The van der Waals surface area contributed by atoms with E-state index in [9.17, 15) is 33.0 Å². The van der Waals surface area contributed by atoms with Crippen molar-refractivity contribution in [1.29, 1.82) is 0 Å². The summed E-state index contributed by atoms with van der Waals surface area (Å²) in [6.45, 7) is 0. The lowest BCUT2D eigenvalue weighted by Gasteiger charge is -2.18. The normalized spacial score (nSPS) is 13.5. The largest absolute Gasteiger partial charge is 0.497 e. The molecular weight excluding hydrogens is 379 g/mol. The van der Waals surface area contributed by atoms with Crippen LogP contribution in [-0.2, 0) is 22.2 Å². The van der Waals surface area contributed by atoms with Crippen LogP contribution in [0.25, 0.3) is 0 Å². The van der Waals surface area contributed by atoms with Crippen LogP contribution >= 0.6 is 0 Å². The van der Waals surface area contributed by atoms with Crippen LogP contribution in [0.3, 0.4) is 0 Å². The number of carboxylic acid groups (broad SMARTS) is 1. The third kappa shape index (κ3) is 5.46. The highest BCUT2D eigenvalue weighted by molar-refractivity contribution is 5.87. The zero-order valence-corrected chi connectivity index (χ0v) is 14.7. The van der Waals surface area contributed by atoms with Crippen molar-refractivity contribution in [2.24, 2.45) is 0 Å². The van der Waals surface area contributed by atoms with Gasteiger partial charge in [-0.05, 0) is 35.4 Å². The SMILES string of the molecule is COc1ccc(C[C@@H](NC(=O)[C@H](O)c2ccc(C(F)(F)F)cc2)C(=O)O)cc1. The van der Waals surface area contributed by atoms with E-state index in [1.165, 1.54) is 7.11 Å². The second-order valence-electron chi connectivity index (χ2n) is 5.97. The van der Waals surface area contributed by atoms with Gasteiger partial charge in [0.15, 0.2) is 6.10 Å². The summed E-state index contributed by atoms with van der Waals surface area (Å²) in [5, 5.41) is 21.6. The Balaban J connectivity index is 2.07. The number of aliphatic hydroxyl groups excluding tert-OH is 1. The minimum atomic E-state index is -4.54. The first-order chi connectivity index (χ1) is 13.1. The average molecular weight is 397 g/mol. The van der Waals surface area contributed by atoms with E-state index in [-0.39, 0.29) is 12.0 Å². The second-order valence-corrected chi connectivity index (χ2v) is 5.97. The van der Waals surface area contributed by atoms with Gasteiger partial charge < -0.3 is 20.3 Å². The van der Waals surface area contributed by atoms with Crippen molar-refractivity contribution >= 4 is 11.9 Å². The number of alkyl halides is 3. The average Bonchev–Trinajstić information content (AvgIpc) is 2.66. The number of carbonyl (C=O) groups excluding carboxylic acids is 1. The van der Waals surface area contributed by atoms with Gasteiger partial charge >= 0.3 is 12.1 Å². The van der Waals surface area contributed by atoms with Crippen molar-refractivity contribution < 1.29 is 37.7 Å². The van der Waals surface area contributed by atoms with Crippen LogP contribution in [-0.4, -0.2) is 35.2 Å². The molecule has 0 aliphatic carbocycles. The summed E-state index contributed by atoms with van der Waals surface area (Å²) < 4.78 is 42.7. The lowest BCUT2D eigenvalue weighted by atomic mass is 10.0. The van der Waals surface area contributed by atoms with E-state index < -0.39 is 35.8 Å². The molecule has 2 atom stereocenters. The van der Waals surface area contributed by atoms with E-state index in [0.717, 1.165) is 24.3 Å². The number of carboxylic acids is 1. The number of hydrogen-bond donors (Lipinski definition) is 3. The van der Waals surface area contributed by atoms with Gasteiger partial charge in [-0.1, -0.05) is 24.3 Å². The van der Waals surface area contributed by atoms with Crippen LogP contribution in [0.1, 0.15) is 22.8 Å². The Bertz CT molecular complexity index is 819. The Morgan fingerprint density at radius 2 is 1.64 bits per heavy atom. The number of ether oxygens (including phenoxy) is 1. The molecule has 1 amide bonds. The lowest BCUT2D eigenvalue weighted by molar-refractivity contribution is -0.143. The predicted octanol–water partition coefficient (Wildman–Crippen LogP) is 2.56. The minimum absolute atomic E-state index is 0.0508. The zero-order chi connectivity index (χ0) is 20.9. The lowest BCUT2D eigenvalue weighted by Crippen LogP contribution is -2.44. The Morgan fingerprint density at radius 1 is 1.07 bits per heavy atom. The molecule has 0 heterocycles. The van der Waals surface area contributed by atoms with Crippen molar-refractivity contribution in [2.45, 2.75) is 24.7 Å². The molecule has 2 aromatic carbocycles. The van der Waals surface area contributed by atoms with Gasteiger partial charge in [0.2, 0.25) is 0 Å². The van der Waals surface area contributed by atoms with Crippen molar-refractivity contribution in [3.05, 3.63) is 65.2 Å². The standard InChI is InChI=1S/C19H18F3NO5/c1-28-14-8-2-11(3-9-14)10-15(18(26)27)23-17(25)16(24)12-4-6-13(7-5-12)19(20,21)22/h2-9,15-16,24H,10H2,1H3,(H,23,25)(H,26,27)/t15-,16-/m1/s1. The molecule has 0 radical (unpaired) electrons. The minimum Gasteiger partial charge on any atom is -0.497 e. The van der Waals surface area contributed by atoms with Crippen LogP contribution in [0, 0.1) is 0 Å². The van der Waals surface area contributed by atoms with E-state index in [4.69, 9.17) is 4.74 Å². The quantitative estimate of drug-likeness (QED) is 0.668. The number of amides is 1. The molecule has 0 spiro atoms. The third-order valence-electron chi connectivity index (χ3n) is 4.02. The summed E-state index contributed by atoms with van der Waals surface area (Å²) in [4.78, 5) is 23.6.